The summed E-state index contributed by atoms with van der Waals surface area (Å²) in [5, 5.41) is 0. The van der Waals surface area contributed by atoms with Gasteiger partial charge in [0.1, 0.15) is 6.61 Å². The Balaban J connectivity index is 0. The summed E-state index contributed by atoms with van der Waals surface area (Å²) in [6.07, 6.45) is 34.8. The Bertz CT molecular complexity index is 773. The van der Waals surface area contributed by atoms with E-state index in [0.29, 0.717) is 6.42 Å². The minimum Gasteiger partial charge on any atom is -0.756 e. The fourth-order valence-electron chi connectivity index (χ4n) is 5.42. The molecule has 47 heavy (non-hydrogen) atoms. The van der Waals surface area contributed by atoms with Crippen molar-refractivity contribution in [1.29, 1.82) is 0 Å². The zero-order chi connectivity index (χ0) is 34.0. The number of carbonyl (C=O) groups excluding carboxylic acids is 2. The average molecular weight is 697 g/mol. The first-order valence-electron chi connectivity index (χ1n) is 19.0. The normalized spacial score (nSPS) is 13.3. The first-order valence-corrected chi connectivity index (χ1v) is 20.5. The molecule has 0 amide bonds. The second-order valence-electron chi connectivity index (χ2n) is 12.9. The van der Waals surface area contributed by atoms with Gasteiger partial charge in [-0.15, -0.1) is 0 Å². The van der Waals surface area contributed by atoms with Crippen LogP contribution >= 0.6 is 7.82 Å². The van der Waals surface area contributed by atoms with Crippen molar-refractivity contribution >= 4 is 19.8 Å². The summed E-state index contributed by atoms with van der Waals surface area (Å²) >= 11 is 0. The van der Waals surface area contributed by atoms with Crippen molar-refractivity contribution in [2.24, 2.45) is 0 Å². The summed E-state index contributed by atoms with van der Waals surface area (Å²) in [5.74, 6) is -0.923. The van der Waals surface area contributed by atoms with Crippen molar-refractivity contribution in [3.63, 3.8) is 0 Å². The van der Waals surface area contributed by atoms with Crippen LogP contribution < -0.4 is 34.5 Å². The van der Waals surface area contributed by atoms with Crippen LogP contribution in [0.15, 0.2) is 12.2 Å². The van der Waals surface area contributed by atoms with Crippen LogP contribution in [-0.2, 0) is 28.2 Å². The monoisotopic (exact) mass is 696 g/mol. The van der Waals surface area contributed by atoms with E-state index in [9.17, 15) is 19.0 Å². The number of unbranched alkanes of at least 4 members (excludes halogenated alkanes) is 23. The van der Waals surface area contributed by atoms with Crippen LogP contribution in [0.2, 0.25) is 0 Å². The number of allylic oxidation sites excluding steroid dienone is 2. The number of hydrogen-bond acceptors (Lipinski definition) is 7. The molecule has 10 heteroatoms. The Labute approximate surface area is 310 Å². The molecule has 0 rings (SSSR count). The smallest absolute Gasteiger partial charge is 0.756 e. The zero-order valence-corrected chi connectivity index (χ0v) is 33.6. The van der Waals surface area contributed by atoms with Gasteiger partial charge in [-0.2, -0.15) is 0 Å². The summed E-state index contributed by atoms with van der Waals surface area (Å²) in [7, 11) is -4.99. The van der Waals surface area contributed by atoms with E-state index in [1.165, 1.54) is 109 Å². The van der Waals surface area contributed by atoms with Gasteiger partial charge in [0.15, 0.2) is 6.10 Å². The second kappa shape index (κ2) is 37.1. The van der Waals surface area contributed by atoms with Gasteiger partial charge in [-0.1, -0.05) is 154 Å². The van der Waals surface area contributed by atoms with Gasteiger partial charge >= 0.3 is 41.5 Å². The van der Waals surface area contributed by atoms with Gasteiger partial charge in [0.25, 0.3) is 7.82 Å². The van der Waals surface area contributed by atoms with Crippen molar-refractivity contribution in [1.82, 2.24) is 0 Å². The van der Waals surface area contributed by atoms with E-state index in [-0.39, 0.29) is 49.0 Å². The molecule has 0 fully saturated rings. The number of hydrogen-bond donors (Lipinski definition) is 1. The van der Waals surface area contributed by atoms with Crippen LogP contribution in [0.5, 0.6) is 0 Å². The Morgan fingerprint density at radius 3 is 1.36 bits per heavy atom. The fraction of sp³-hybridized carbons (Fsp3) is 0.892. The van der Waals surface area contributed by atoms with E-state index in [1.807, 2.05) is 0 Å². The summed E-state index contributed by atoms with van der Waals surface area (Å²) < 4.78 is 26.0. The molecule has 0 spiro atoms. The fourth-order valence-corrected chi connectivity index (χ4v) is 5.78. The Morgan fingerprint density at radius 2 is 0.957 bits per heavy atom. The molecule has 8 nitrogen and oxygen atoms in total. The predicted octanol–water partition coefficient (Wildman–Crippen LogP) is 7.44. The van der Waals surface area contributed by atoms with E-state index in [4.69, 9.17) is 14.4 Å². The Hall–Kier alpha value is -0.210. The summed E-state index contributed by atoms with van der Waals surface area (Å²) in [6.45, 7) is 3.58. The van der Waals surface area contributed by atoms with E-state index in [2.05, 4.69) is 30.5 Å². The Kier molecular flexibility index (Phi) is 38.6. The van der Waals surface area contributed by atoms with Crippen LogP contribution in [0.4, 0.5) is 0 Å². The average Bonchev–Trinajstić information content (AvgIpc) is 3.02. The van der Waals surface area contributed by atoms with Gasteiger partial charge < -0.3 is 23.8 Å². The molecule has 272 valence electrons. The number of esters is 2. The second-order valence-corrected chi connectivity index (χ2v) is 14.1. The molecule has 0 heterocycles. The third-order valence-electron chi connectivity index (χ3n) is 8.28. The Morgan fingerprint density at radius 1 is 0.596 bits per heavy atom. The van der Waals surface area contributed by atoms with Crippen molar-refractivity contribution in [3.05, 3.63) is 12.2 Å². The molecule has 0 aromatic carbocycles. The van der Waals surface area contributed by atoms with Crippen LogP contribution in [0.25, 0.3) is 0 Å². The van der Waals surface area contributed by atoms with Crippen molar-refractivity contribution in [2.45, 2.75) is 200 Å². The summed E-state index contributed by atoms with van der Waals surface area (Å²) in [6, 6.07) is 0. The van der Waals surface area contributed by atoms with Gasteiger partial charge in [0.2, 0.25) is 0 Å². The molecule has 0 aliphatic carbocycles. The predicted molar refractivity (Wildman–Crippen MR) is 186 cm³/mol. The maximum atomic E-state index is 12.3. The molecule has 0 aromatic rings. The molecule has 0 aliphatic heterocycles. The molecule has 0 saturated heterocycles. The minimum atomic E-state index is -4.99. The number of ether oxygens (including phenoxy) is 2. The first-order chi connectivity index (χ1) is 22.3. The van der Waals surface area contributed by atoms with E-state index in [0.717, 1.165) is 51.4 Å². The van der Waals surface area contributed by atoms with Crippen molar-refractivity contribution < 1.29 is 67.5 Å². The van der Waals surface area contributed by atoms with E-state index in [1.54, 1.807) is 0 Å². The van der Waals surface area contributed by atoms with Gasteiger partial charge in [-0.25, -0.2) is 0 Å². The largest absolute Gasteiger partial charge is 1.00 e. The molecule has 1 N–H and O–H groups in total. The standard InChI is InChI=1S/C37H71O8P.Na/c1-3-5-7-9-11-13-15-17-18-20-22-24-26-28-30-32-37(39)45-35(34-44-46(40,41)42)33-43-36(38)31-29-27-25-23-21-19-16-14-12-10-8-6-4-2;/h17-18,35H,3-16,19-34H2,1-2H3,(H2,40,41,42);/q;+1/p-1/b18-17+;/t35-;/m1./s1. The number of phosphoric acid groups is 1. The molecular formula is C37H70NaO8P. The third kappa shape index (κ3) is 40.1. The van der Waals surface area contributed by atoms with E-state index < -0.39 is 32.5 Å². The van der Waals surface area contributed by atoms with E-state index >= 15 is 0 Å². The van der Waals surface area contributed by atoms with Crippen LogP contribution in [0.1, 0.15) is 194 Å². The third-order valence-corrected chi connectivity index (χ3v) is 8.75. The van der Waals surface area contributed by atoms with Crippen LogP contribution in [0, 0.1) is 0 Å². The van der Waals surface area contributed by atoms with Gasteiger partial charge in [-0.3, -0.25) is 14.2 Å². The number of rotatable bonds is 35. The summed E-state index contributed by atoms with van der Waals surface area (Å²) in [4.78, 5) is 44.5. The SMILES string of the molecule is CCCCCCCC/C=C/CCCCCCCC(=O)O[C@H](COC(=O)CCCCCCCCCCCCCCC)COP(=O)([O-])O.[Na+]. The quantitative estimate of drug-likeness (QED) is 0.0239. The van der Waals surface area contributed by atoms with Crippen LogP contribution in [0.3, 0.4) is 0 Å². The first kappa shape index (κ1) is 48.9. The summed E-state index contributed by atoms with van der Waals surface area (Å²) in [5.41, 5.74) is 0. The number of phosphoric ester groups is 1. The molecule has 0 aromatic heterocycles. The molecule has 0 bridgehead atoms. The minimum absolute atomic E-state index is 0. The molecule has 1 unspecified atom stereocenters. The molecular weight excluding hydrogens is 626 g/mol. The topological polar surface area (TPSA) is 122 Å². The molecule has 0 saturated carbocycles. The van der Waals surface area contributed by atoms with Gasteiger partial charge in [-0.05, 0) is 38.5 Å². The molecule has 2 atom stereocenters. The van der Waals surface area contributed by atoms with Crippen LogP contribution in [-0.4, -0.2) is 36.1 Å². The maximum Gasteiger partial charge on any atom is 1.00 e. The van der Waals surface area contributed by atoms with Crippen molar-refractivity contribution in [2.75, 3.05) is 13.2 Å². The van der Waals surface area contributed by atoms with Crippen molar-refractivity contribution in [3.8, 4) is 0 Å². The van der Waals surface area contributed by atoms with Gasteiger partial charge in [0.05, 0.1) is 6.61 Å². The zero-order valence-electron chi connectivity index (χ0n) is 30.7. The maximum absolute atomic E-state index is 12.3. The van der Waals surface area contributed by atoms with Gasteiger partial charge in [0, 0.05) is 12.8 Å². The number of carbonyl (C=O) groups is 2. The molecule has 0 aliphatic rings. The molecule has 0 radical (unpaired) electrons.